The number of nitrogens with zero attached hydrogens (tertiary/aromatic N) is 1. The fourth-order valence-corrected chi connectivity index (χ4v) is 6.04. The summed E-state index contributed by atoms with van der Waals surface area (Å²) in [6.07, 6.45) is 0.819. The largest absolute Gasteiger partial charge is 0.478 e. The number of methoxy groups -OCH3 is 1. The number of ether oxygens (including phenoxy) is 1. The molecule has 0 saturated carbocycles. The van der Waals surface area contributed by atoms with Crippen molar-refractivity contribution in [3.8, 4) is 0 Å². The van der Waals surface area contributed by atoms with E-state index in [2.05, 4.69) is 10.1 Å². The Hall–Kier alpha value is -4.22. The van der Waals surface area contributed by atoms with Gasteiger partial charge in [-0.05, 0) is 66.9 Å². The van der Waals surface area contributed by atoms with Crippen LogP contribution in [0.1, 0.15) is 55.9 Å². The van der Waals surface area contributed by atoms with Crippen molar-refractivity contribution < 1.29 is 37.4 Å². The van der Waals surface area contributed by atoms with Gasteiger partial charge >= 0.3 is 11.9 Å². The van der Waals surface area contributed by atoms with Crippen LogP contribution in [0.25, 0.3) is 0 Å². The molecule has 0 saturated heterocycles. The van der Waals surface area contributed by atoms with Gasteiger partial charge in [0.05, 0.1) is 28.9 Å². The number of fused-ring (bicyclic) bond motifs is 1. The second-order valence-corrected chi connectivity index (χ2v) is 11.3. The monoisotopic (exact) mass is 584 g/mol. The maximum atomic E-state index is 13.4. The van der Waals surface area contributed by atoms with Crippen LogP contribution in [0.5, 0.6) is 0 Å². The number of carbonyl (C=O) groups is 4. The van der Waals surface area contributed by atoms with Gasteiger partial charge in [0.25, 0.3) is 15.9 Å². The van der Waals surface area contributed by atoms with Gasteiger partial charge in [0.2, 0.25) is 0 Å². The summed E-state index contributed by atoms with van der Waals surface area (Å²) < 4.78 is 32.6. The van der Waals surface area contributed by atoms with Crippen molar-refractivity contribution in [1.82, 2.24) is 0 Å². The van der Waals surface area contributed by atoms with Crippen molar-refractivity contribution in [3.63, 3.8) is 0 Å². The van der Waals surface area contributed by atoms with Gasteiger partial charge in [0.1, 0.15) is 0 Å². The first-order chi connectivity index (χ1) is 19.0. The number of carboxylic acids is 1. The van der Waals surface area contributed by atoms with Gasteiger partial charge in [0, 0.05) is 35.5 Å². The zero-order valence-corrected chi connectivity index (χ0v) is 22.9. The van der Waals surface area contributed by atoms with Gasteiger partial charge in [0.15, 0.2) is 5.78 Å². The summed E-state index contributed by atoms with van der Waals surface area (Å²) in [6, 6.07) is 14.3. The number of hydrogen-bond acceptors (Lipinski definition) is 7. The number of sulfonamides is 1. The van der Waals surface area contributed by atoms with E-state index in [1.165, 1.54) is 47.8 Å². The smallest absolute Gasteiger partial charge is 0.337 e. The molecule has 0 bridgehead atoms. The van der Waals surface area contributed by atoms with E-state index in [0.29, 0.717) is 17.1 Å². The van der Waals surface area contributed by atoms with Crippen LogP contribution in [0.2, 0.25) is 5.02 Å². The highest BCUT2D eigenvalue weighted by molar-refractivity contribution is 7.92. The Morgan fingerprint density at radius 3 is 2.50 bits per heavy atom. The predicted molar refractivity (Wildman–Crippen MR) is 148 cm³/mol. The van der Waals surface area contributed by atoms with Gasteiger partial charge in [-0.3, -0.25) is 18.7 Å². The van der Waals surface area contributed by atoms with Gasteiger partial charge in [-0.15, -0.1) is 0 Å². The highest BCUT2D eigenvalue weighted by Crippen LogP contribution is 2.35. The SMILES string of the molecule is COC(=O)CCCC(=O)c1ccc(NC(=O)c2cccc(S(=O)(=O)N3CCc4ccc(Cl)cc43)c2)c(C(=O)O)c1. The van der Waals surface area contributed by atoms with Crippen molar-refractivity contribution in [2.45, 2.75) is 30.6 Å². The lowest BCUT2D eigenvalue weighted by Gasteiger charge is -2.20. The zero-order chi connectivity index (χ0) is 29.0. The van der Waals surface area contributed by atoms with Gasteiger partial charge < -0.3 is 15.2 Å². The maximum absolute atomic E-state index is 13.4. The minimum Gasteiger partial charge on any atom is -0.478 e. The van der Waals surface area contributed by atoms with Crippen molar-refractivity contribution in [3.05, 3.63) is 87.9 Å². The summed E-state index contributed by atoms with van der Waals surface area (Å²) in [5, 5.41) is 12.6. The molecule has 0 aromatic heterocycles. The van der Waals surface area contributed by atoms with Crippen LogP contribution < -0.4 is 9.62 Å². The fraction of sp³-hybridized carbons (Fsp3) is 0.214. The number of carboxylic acid groups (broad SMARTS) is 1. The second kappa shape index (κ2) is 11.9. The average molecular weight is 585 g/mol. The molecule has 0 radical (unpaired) electrons. The quantitative estimate of drug-likeness (QED) is 0.260. The summed E-state index contributed by atoms with van der Waals surface area (Å²) >= 11 is 6.08. The third-order valence-corrected chi connectivity index (χ3v) is 8.46. The van der Waals surface area contributed by atoms with Crippen LogP contribution in [0, 0.1) is 0 Å². The van der Waals surface area contributed by atoms with Crippen molar-refractivity contribution >= 4 is 56.6 Å². The molecular formula is C28H25ClN2O8S. The Labute approximate surface area is 235 Å². The first-order valence-corrected chi connectivity index (χ1v) is 14.0. The van der Waals surface area contributed by atoms with Crippen LogP contribution in [-0.4, -0.2) is 50.8 Å². The van der Waals surface area contributed by atoms with Crippen molar-refractivity contribution in [2.75, 3.05) is 23.3 Å². The van der Waals surface area contributed by atoms with E-state index in [1.807, 2.05) is 0 Å². The number of benzene rings is 3. The van der Waals surface area contributed by atoms with E-state index in [-0.39, 0.29) is 58.9 Å². The molecule has 0 aliphatic carbocycles. The Bertz CT molecular complexity index is 1620. The molecule has 2 N–H and O–H groups in total. The molecule has 1 aliphatic rings. The number of nitrogens with one attached hydrogen (secondary N) is 1. The molecule has 208 valence electrons. The lowest BCUT2D eigenvalue weighted by atomic mass is 10.0. The molecule has 3 aromatic rings. The molecule has 4 rings (SSSR count). The first-order valence-electron chi connectivity index (χ1n) is 12.2. The van der Waals surface area contributed by atoms with Crippen LogP contribution in [0.3, 0.4) is 0 Å². The molecule has 10 nitrogen and oxygen atoms in total. The number of rotatable bonds is 10. The molecule has 0 atom stereocenters. The standard InChI is InChI=1S/C28H25ClN2O8S/c1-39-26(33)7-3-6-25(32)18-9-11-23(22(15-18)28(35)36)30-27(34)19-4-2-5-21(14-19)40(37,38)31-13-12-17-8-10-20(29)16-24(17)31/h2,4-5,8-11,14-16H,3,6-7,12-13H2,1H3,(H,30,34)(H,35,36). The number of amides is 1. The van der Waals surface area contributed by atoms with Crippen LogP contribution in [-0.2, 0) is 26.0 Å². The number of esters is 1. The van der Waals surface area contributed by atoms with Crippen molar-refractivity contribution in [2.24, 2.45) is 0 Å². The van der Waals surface area contributed by atoms with Gasteiger partial charge in [-0.2, -0.15) is 0 Å². The highest BCUT2D eigenvalue weighted by atomic mass is 35.5. The van der Waals surface area contributed by atoms with E-state index < -0.39 is 27.9 Å². The fourth-order valence-electron chi connectivity index (χ4n) is 4.34. The molecule has 1 amide bonds. The van der Waals surface area contributed by atoms with Crippen LogP contribution >= 0.6 is 11.6 Å². The Morgan fingerprint density at radius 1 is 1.00 bits per heavy atom. The number of halogens is 1. The molecule has 0 unspecified atom stereocenters. The molecule has 1 heterocycles. The van der Waals surface area contributed by atoms with Gasteiger partial charge in [-0.25, -0.2) is 13.2 Å². The molecule has 1 aliphatic heterocycles. The summed E-state index contributed by atoms with van der Waals surface area (Å²) in [5.41, 5.74) is 1.04. The van der Waals surface area contributed by atoms with Crippen LogP contribution in [0.15, 0.2) is 65.6 Å². The minimum atomic E-state index is -4.02. The number of Topliss-reactive ketones (excluding diaryl/α,β-unsaturated/α-hetero) is 1. The van der Waals surface area contributed by atoms with E-state index in [9.17, 15) is 32.7 Å². The number of carbonyl (C=O) groups excluding carboxylic acids is 3. The Morgan fingerprint density at radius 2 is 1.77 bits per heavy atom. The summed E-state index contributed by atoms with van der Waals surface area (Å²) in [7, 11) is -2.77. The first kappa shape index (κ1) is 28.8. The molecule has 12 heteroatoms. The van der Waals surface area contributed by atoms with Gasteiger partial charge in [-0.1, -0.05) is 23.7 Å². The number of anilines is 2. The van der Waals surface area contributed by atoms with E-state index in [4.69, 9.17) is 11.6 Å². The van der Waals surface area contributed by atoms with E-state index >= 15 is 0 Å². The number of hydrogen-bond donors (Lipinski definition) is 2. The summed E-state index contributed by atoms with van der Waals surface area (Å²) in [5.74, 6) is -2.93. The van der Waals surface area contributed by atoms with Crippen LogP contribution in [0.4, 0.5) is 11.4 Å². The number of ketones is 1. The highest BCUT2D eigenvalue weighted by Gasteiger charge is 2.31. The number of aromatic carboxylic acids is 1. The molecular weight excluding hydrogens is 560 g/mol. The molecule has 40 heavy (non-hydrogen) atoms. The lowest BCUT2D eigenvalue weighted by molar-refractivity contribution is -0.140. The van der Waals surface area contributed by atoms with E-state index in [1.54, 1.807) is 18.2 Å². The van der Waals surface area contributed by atoms with Crippen molar-refractivity contribution in [1.29, 1.82) is 0 Å². The summed E-state index contributed by atoms with van der Waals surface area (Å²) in [4.78, 5) is 48.6. The molecule has 0 fully saturated rings. The third kappa shape index (κ3) is 6.16. The minimum absolute atomic E-state index is 0.00843. The van der Waals surface area contributed by atoms with E-state index in [0.717, 1.165) is 11.6 Å². The Balaban J connectivity index is 1.53. The second-order valence-electron chi connectivity index (χ2n) is 9.00. The Kier molecular flexibility index (Phi) is 8.55. The lowest BCUT2D eigenvalue weighted by Crippen LogP contribution is -2.29. The third-order valence-electron chi connectivity index (χ3n) is 6.42. The predicted octanol–water partition coefficient (Wildman–Crippen LogP) is 4.57. The topological polar surface area (TPSA) is 147 Å². The average Bonchev–Trinajstić information content (AvgIpc) is 3.36. The normalized spacial score (nSPS) is 12.5. The zero-order valence-electron chi connectivity index (χ0n) is 21.3. The molecule has 3 aromatic carbocycles. The summed E-state index contributed by atoms with van der Waals surface area (Å²) in [6.45, 7) is 0.226. The maximum Gasteiger partial charge on any atom is 0.337 e. The molecule has 0 spiro atoms.